The lowest BCUT2D eigenvalue weighted by molar-refractivity contribution is -0.140. The summed E-state index contributed by atoms with van der Waals surface area (Å²) in [7, 11) is 0. The van der Waals surface area contributed by atoms with Crippen molar-refractivity contribution in [1.29, 1.82) is 0 Å². The first-order valence-electron chi connectivity index (χ1n) is 3.59. The average Bonchev–Trinajstić information content (AvgIpc) is 2.15. The number of rotatable bonds is 4. The van der Waals surface area contributed by atoms with Crippen LogP contribution < -0.4 is 5.32 Å². The third-order valence-corrected chi connectivity index (χ3v) is 1.47. The molecule has 1 amide bonds. The SMILES string of the molecule is O=CNC(C(=O)O)c1ccccn1. The van der Waals surface area contributed by atoms with Crippen LogP contribution in [0.1, 0.15) is 11.7 Å². The zero-order valence-corrected chi connectivity index (χ0v) is 6.68. The molecular formula is C8H8N2O3. The Morgan fingerprint density at radius 1 is 1.62 bits per heavy atom. The van der Waals surface area contributed by atoms with Gasteiger partial charge in [-0.3, -0.25) is 9.78 Å². The summed E-state index contributed by atoms with van der Waals surface area (Å²) >= 11 is 0. The highest BCUT2D eigenvalue weighted by molar-refractivity contribution is 5.77. The molecule has 1 unspecified atom stereocenters. The lowest BCUT2D eigenvalue weighted by Gasteiger charge is -2.09. The normalized spacial score (nSPS) is 11.7. The molecule has 1 atom stereocenters. The second-order valence-corrected chi connectivity index (χ2v) is 2.31. The van der Waals surface area contributed by atoms with Crippen molar-refractivity contribution in [2.24, 2.45) is 0 Å². The molecule has 0 aliphatic carbocycles. The van der Waals surface area contributed by atoms with Gasteiger partial charge in [0.15, 0.2) is 6.04 Å². The largest absolute Gasteiger partial charge is 0.479 e. The number of pyridine rings is 1. The van der Waals surface area contributed by atoms with Crippen LogP contribution in [-0.4, -0.2) is 22.5 Å². The molecule has 0 aliphatic rings. The molecular weight excluding hydrogens is 172 g/mol. The Kier molecular flexibility index (Phi) is 2.97. The van der Waals surface area contributed by atoms with E-state index in [2.05, 4.69) is 10.3 Å². The van der Waals surface area contributed by atoms with Gasteiger partial charge in [-0.05, 0) is 12.1 Å². The Hall–Kier alpha value is -1.91. The van der Waals surface area contributed by atoms with Gasteiger partial charge in [0.2, 0.25) is 6.41 Å². The van der Waals surface area contributed by atoms with Crippen LogP contribution in [-0.2, 0) is 9.59 Å². The molecule has 0 saturated heterocycles. The van der Waals surface area contributed by atoms with Crippen LogP contribution in [0, 0.1) is 0 Å². The monoisotopic (exact) mass is 180 g/mol. The molecule has 2 N–H and O–H groups in total. The Bertz CT molecular complexity index is 300. The van der Waals surface area contributed by atoms with Crippen molar-refractivity contribution in [3.05, 3.63) is 30.1 Å². The average molecular weight is 180 g/mol. The summed E-state index contributed by atoms with van der Waals surface area (Å²) < 4.78 is 0. The van der Waals surface area contributed by atoms with Crippen LogP contribution in [0.5, 0.6) is 0 Å². The number of carboxylic acid groups (broad SMARTS) is 1. The molecule has 68 valence electrons. The van der Waals surface area contributed by atoms with Gasteiger partial charge < -0.3 is 10.4 Å². The third-order valence-electron chi connectivity index (χ3n) is 1.47. The molecule has 0 aromatic carbocycles. The minimum absolute atomic E-state index is 0.308. The molecule has 13 heavy (non-hydrogen) atoms. The predicted molar refractivity (Wildman–Crippen MR) is 43.8 cm³/mol. The number of aliphatic carboxylic acids is 1. The maximum absolute atomic E-state index is 10.6. The van der Waals surface area contributed by atoms with E-state index in [0.29, 0.717) is 12.1 Å². The maximum atomic E-state index is 10.6. The van der Waals surface area contributed by atoms with E-state index in [4.69, 9.17) is 5.11 Å². The molecule has 0 bridgehead atoms. The number of hydrogen-bond acceptors (Lipinski definition) is 3. The first-order chi connectivity index (χ1) is 6.25. The van der Waals surface area contributed by atoms with Crippen LogP contribution in [0.2, 0.25) is 0 Å². The fourth-order valence-electron chi connectivity index (χ4n) is 0.898. The highest BCUT2D eigenvalue weighted by atomic mass is 16.4. The summed E-state index contributed by atoms with van der Waals surface area (Å²) in [5.41, 5.74) is 0.308. The Balaban J connectivity index is 2.88. The quantitative estimate of drug-likeness (QED) is 0.637. The van der Waals surface area contributed by atoms with E-state index in [-0.39, 0.29) is 0 Å². The van der Waals surface area contributed by atoms with Crippen LogP contribution in [0.15, 0.2) is 24.4 Å². The zero-order valence-electron chi connectivity index (χ0n) is 6.68. The van der Waals surface area contributed by atoms with Gasteiger partial charge in [0.25, 0.3) is 0 Å². The van der Waals surface area contributed by atoms with E-state index in [1.807, 2.05) is 0 Å². The van der Waals surface area contributed by atoms with Gasteiger partial charge in [-0.15, -0.1) is 0 Å². The topological polar surface area (TPSA) is 79.3 Å². The fourth-order valence-corrected chi connectivity index (χ4v) is 0.898. The zero-order chi connectivity index (χ0) is 9.68. The minimum Gasteiger partial charge on any atom is -0.479 e. The molecule has 0 fully saturated rings. The van der Waals surface area contributed by atoms with Crippen molar-refractivity contribution in [3.8, 4) is 0 Å². The minimum atomic E-state index is -1.13. The van der Waals surface area contributed by atoms with E-state index >= 15 is 0 Å². The van der Waals surface area contributed by atoms with Gasteiger partial charge in [-0.2, -0.15) is 0 Å². The first kappa shape index (κ1) is 9.18. The highest BCUT2D eigenvalue weighted by Crippen LogP contribution is 2.07. The number of amides is 1. The first-order valence-corrected chi connectivity index (χ1v) is 3.59. The third kappa shape index (κ3) is 2.26. The van der Waals surface area contributed by atoms with Gasteiger partial charge in [0.05, 0.1) is 5.69 Å². The van der Waals surface area contributed by atoms with E-state index in [0.717, 1.165) is 0 Å². The summed E-state index contributed by atoms with van der Waals surface area (Å²) in [6, 6.07) is 3.79. The van der Waals surface area contributed by atoms with Crippen molar-refractivity contribution in [3.63, 3.8) is 0 Å². The summed E-state index contributed by atoms with van der Waals surface area (Å²) in [4.78, 5) is 24.5. The van der Waals surface area contributed by atoms with Crippen molar-refractivity contribution >= 4 is 12.4 Å². The molecule has 1 aromatic rings. The fraction of sp³-hybridized carbons (Fsp3) is 0.125. The number of carboxylic acids is 1. The standard InChI is InChI=1S/C8H8N2O3/c11-5-10-7(8(12)13)6-3-1-2-4-9-6/h1-5,7H,(H,10,11)(H,12,13). The van der Waals surface area contributed by atoms with E-state index in [1.54, 1.807) is 12.1 Å². The van der Waals surface area contributed by atoms with Gasteiger partial charge in [0, 0.05) is 6.20 Å². The number of aromatic nitrogens is 1. The molecule has 1 rings (SSSR count). The van der Waals surface area contributed by atoms with Crippen molar-refractivity contribution in [1.82, 2.24) is 10.3 Å². The van der Waals surface area contributed by atoms with Crippen LogP contribution in [0.25, 0.3) is 0 Å². The lowest BCUT2D eigenvalue weighted by atomic mass is 10.2. The summed E-state index contributed by atoms with van der Waals surface area (Å²) in [5.74, 6) is -1.13. The molecule has 5 heteroatoms. The number of carbonyl (C=O) groups is 2. The molecule has 0 aliphatic heterocycles. The maximum Gasteiger partial charge on any atom is 0.332 e. The Morgan fingerprint density at radius 2 is 2.38 bits per heavy atom. The van der Waals surface area contributed by atoms with Crippen LogP contribution >= 0.6 is 0 Å². The molecule has 0 radical (unpaired) electrons. The van der Waals surface area contributed by atoms with Gasteiger partial charge in [0.1, 0.15) is 0 Å². The lowest BCUT2D eigenvalue weighted by Crippen LogP contribution is -2.27. The second-order valence-electron chi connectivity index (χ2n) is 2.31. The molecule has 1 heterocycles. The van der Waals surface area contributed by atoms with Gasteiger partial charge in [-0.1, -0.05) is 6.07 Å². The van der Waals surface area contributed by atoms with E-state index in [9.17, 15) is 9.59 Å². The molecule has 0 saturated carbocycles. The van der Waals surface area contributed by atoms with E-state index < -0.39 is 12.0 Å². The predicted octanol–water partition coefficient (Wildman–Crippen LogP) is -0.0467. The van der Waals surface area contributed by atoms with Crippen molar-refractivity contribution in [2.45, 2.75) is 6.04 Å². The van der Waals surface area contributed by atoms with Gasteiger partial charge in [-0.25, -0.2) is 4.79 Å². The number of carbonyl (C=O) groups excluding carboxylic acids is 1. The number of nitrogens with one attached hydrogen (secondary N) is 1. The highest BCUT2D eigenvalue weighted by Gasteiger charge is 2.19. The molecule has 1 aromatic heterocycles. The van der Waals surface area contributed by atoms with Crippen molar-refractivity contribution in [2.75, 3.05) is 0 Å². The Labute approximate surface area is 74.4 Å². The summed E-state index contributed by atoms with van der Waals surface area (Å²) in [6.45, 7) is 0. The van der Waals surface area contributed by atoms with Crippen LogP contribution in [0.3, 0.4) is 0 Å². The van der Waals surface area contributed by atoms with Crippen molar-refractivity contribution < 1.29 is 14.7 Å². The van der Waals surface area contributed by atoms with Crippen LogP contribution in [0.4, 0.5) is 0 Å². The van der Waals surface area contributed by atoms with E-state index in [1.165, 1.54) is 12.3 Å². The number of nitrogens with zero attached hydrogens (tertiary/aromatic N) is 1. The number of hydrogen-bond donors (Lipinski definition) is 2. The Morgan fingerprint density at radius 3 is 2.85 bits per heavy atom. The molecule has 5 nitrogen and oxygen atoms in total. The second kappa shape index (κ2) is 4.20. The molecule has 0 spiro atoms. The summed E-state index contributed by atoms with van der Waals surface area (Å²) in [6.07, 6.45) is 1.81. The smallest absolute Gasteiger partial charge is 0.332 e. The van der Waals surface area contributed by atoms with Gasteiger partial charge >= 0.3 is 5.97 Å². The summed E-state index contributed by atoms with van der Waals surface area (Å²) in [5, 5.41) is 10.9.